The van der Waals surface area contributed by atoms with Gasteiger partial charge in [-0.05, 0) is 32.6 Å². The van der Waals surface area contributed by atoms with Crippen LogP contribution in [0.15, 0.2) is 17.1 Å². The van der Waals surface area contributed by atoms with Gasteiger partial charge in [0.1, 0.15) is 0 Å². The minimum atomic E-state index is 0. The molecule has 1 saturated carbocycles. The Kier molecular flexibility index (Phi) is 7.94. The van der Waals surface area contributed by atoms with E-state index in [0.717, 1.165) is 38.2 Å². The topological polar surface area (TPSA) is 65.5 Å². The van der Waals surface area contributed by atoms with Crippen molar-refractivity contribution in [3.05, 3.63) is 12.2 Å². The van der Waals surface area contributed by atoms with E-state index < -0.39 is 0 Å². The van der Waals surface area contributed by atoms with Crippen molar-refractivity contribution in [2.24, 2.45) is 10.9 Å². The summed E-state index contributed by atoms with van der Waals surface area (Å²) >= 11 is 0. The molecule has 2 aliphatic carbocycles. The standard InChI is InChI=1S/C14H24N4O.HI/c1-2-15-14(18-12-5-3-4-6-12)17-10-9-16-13(19)11-7-8-11;/h3-4,11-12H,2,5-10H2,1H3,(H,16,19)(H2,15,17,18);1H. The van der Waals surface area contributed by atoms with E-state index in [4.69, 9.17) is 0 Å². The van der Waals surface area contributed by atoms with E-state index in [1.54, 1.807) is 0 Å². The van der Waals surface area contributed by atoms with E-state index in [2.05, 4.69) is 40.0 Å². The molecule has 6 heteroatoms. The van der Waals surface area contributed by atoms with Crippen LogP contribution in [0.3, 0.4) is 0 Å². The predicted octanol–water partition coefficient (Wildman–Crippen LogP) is 1.40. The monoisotopic (exact) mass is 392 g/mol. The highest BCUT2D eigenvalue weighted by molar-refractivity contribution is 14.0. The molecule has 114 valence electrons. The van der Waals surface area contributed by atoms with E-state index >= 15 is 0 Å². The van der Waals surface area contributed by atoms with Gasteiger partial charge in [0.25, 0.3) is 0 Å². The minimum Gasteiger partial charge on any atom is -0.357 e. The van der Waals surface area contributed by atoms with Crippen LogP contribution in [0.1, 0.15) is 32.6 Å². The van der Waals surface area contributed by atoms with Crippen LogP contribution in [-0.2, 0) is 4.79 Å². The summed E-state index contributed by atoms with van der Waals surface area (Å²) in [5.74, 6) is 1.31. The number of amides is 1. The zero-order chi connectivity index (χ0) is 13.5. The fourth-order valence-electron chi connectivity index (χ4n) is 2.09. The first-order chi connectivity index (χ1) is 9.29. The van der Waals surface area contributed by atoms with Crippen LogP contribution < -0.4 is 16.0 Å². The number of rotatable bonds is 6. The summed E-state index contributed by atoms with van der Waals surface area (Å²) in [4.78, 5) is 15.9. The Morgan fingerprint density at radius 3 is 2.55 bits per heavy atom. The van der Waals surface area contributed by atoms with E-state index in [-0.39, 0.29) is 35.8 Å². The molecule has 0 unspecified atom stereocenters. The molecule has 5 nitrogen and oxygen atoms in total. The minimum absolute atomic E-state index is 0. The third kappa shape index (κ3) is 6.11. The molecule has 0 aliphatic heterocycles. The van der Waals surface area contributed by atoms with Crippen LogP contribution in [0.5, 0.6) is 0 Å². The number of halogens is 1. The van der Waals surface area contributed by atoms with Crippen molar-refractivity contribution in [3.63, 3.8) is 0 Å². The molecular formula is C14H25IN4O. The second-order valence-electron chi connectivity index (χ2n) is 5.11. The fourth-order valence-corrected chi connectivity index (χ4v) is 2.09. The van der Waals surface area contributed by atoms with Crippen LogP contribution in [0.4, 0.5) is 0 Å². The summed E-state index contributed by atoms with van der Waals surface area (Å²) < 4.78 is 0. The van der Waals surface area contributed by atoms with Gasteiger partial charge in [0.05, 0.1) is 6.54 Å². The van der Waals surface area contributed by atoms with Crippen molar-refractivity contribution in [3.8, 4) is 0 Å². The highest BCUT2D eigenvalue weighted by Gasteiger charge is 2.28. The van der Waals surface area contributed by atoms with Gasteiger partial charge in [-0.3, -0.25) is 9.79 Å². The molecule has 0 bridgehead atoms. The van der Waals surface area contributed by atoms with Crippen LogP contribution in [0, 0.1) is 5.92 Å². The molecule has 0 spiro atoms. The van der Waals surface area contributed by atoms with Gasteiger partial charge in [0.2, 0.25) is 5.91 Å². The number of hydrogen-bond donors (Lipinski definition) is 3. The lowest BCUT2D eigenvalue weighted by atomic mass is 10.2. The second kappa shape index (κ2) is 9.20. The highest BCUT2D eigenvalue weighted by atomic mass is 127. The Balaban J connectivity index is 0.00000200. The van der Waals surface area contributed by atoms with Crippen LogP contribution in [0.2, 0.25) is 0 Å². The van der Waals surface area contributed by atoms with Crippen molar-refractivity contribution < 1.29 is 4.79 Å². The average Bonchev–Trinajstić information content (AvgIpc) is 3.14. The molecule has 0 saturated heterocycles. The molecule has 3 N–H and O–H groups in total. The first-order valence-corrected chi connectivity index (χ1v) is 7.27. The Hall–Kier alpha value is -0.790. The van der Waals surface area contributed by atoms with Crippen molar-refractivity contribution in [1.82, 2.24) is 16.0 Å². The fraction of sp³-hybridized carbons (Fsp3) is 0.714. The number of carbonyl (C=O) groups is 1. The zero-order valence-electron chi connectivity index (χ0n) is 12.0. The van der Waals surface area contributed by atoms with Gasteiger partial charge in [-0.2, -0.15) is 0 Å². The first kappa shape index (κ1) is 17.3. The molecule has 20 heavy (non-hydrogen) atoms. The third-order valence-corrected chi connectivity index (χ3v) is 3.32. The van der Waals surface area contributed by atoms with Gasteiger partial charge in [0, 0.05) is 25.0 Å². The lowest BCUT2D eigenvalue weighted by molar-refractivity contribution is -0.122. The molecule has 1 fully saturated rings. The number of carbonyl (C=O) groups excluding carboxylic acids is 1. The van der Waals surface area contributed by atoms with Crippen molar-refractivity contribution in [2.45, 2.75) is 38.6 Å². The molecule has 0 atom stereocenters. The van der Waals surface area contributed by atoms with E-state index in [1.165, 1.54) is 0 Å². The van der Waals surface area contributed by atoms with Gasteiger partial charge in [-0.15, -0.1) is 24.0 Å². The van der Waals surface area contributed by atoms with Crippen LogP contribution in [-0.4, -0.2) is 37.5 Å². The maximum absolute atomic E-state index is 11.5. The Morgan fingerprint density at radius 1 is 1.25 bits per heavy atom. The number of nitrogens with zero attached hydrogens (tertiary/aromatic N) is 1. The summed E-state index contributed by atoms with van der Waals surface area (Å²) in [6, 6.07) is 0.457. The molecule has 0 radical (unpaired) electrons. The van der Waals surface area contributed by atoms with E-state index in [0.29, 0.717) is 19.1 Å². The van der Waals surface area contributed by atoms with Crippen LogP contribution >= 0.6 is 24.0 Å². The molecule has 0 heterocycles. The maximum Gasteiger partial charge on any atom is 0.223 e. The number of hydrogen-bond acceptors (Lipinski definition) is 2. The summed E-state index contributed by atoms with van der Waals surface area (Å²) in [5, 5.41) is 9.56. The summed E-state index contributed by atoms with van der Waals surface area (Å²) in [5.41, 5.74) is 0. The largest absolute Gasteiger partial charge is 0.357 e. The molecule has 2 aliphatic rings. The summed E-state index contributed by atoms with van der Waals surface area (Å²) in [7, 11) is 0. The summed E-state index contributed by atoms with van der Waals surface area (Å²) in [6.45, 7) is 4.14. The number of nitrogens with one attached hydrogen (secondary N) is 3. The van der Waals surface area contributed by atoms with Gasteiger partial charge in [0.15, 0.2) is 5.96 Å². The van der Waals surface area contributed by atoms with E-state index in [9.17, 15) is 4.79 Å². The lowest BCUT2D eigenvalue weighted by Crippen LogP contribution is -2.43. The average molecular weight is 392 g/mol. The van der Waals surface area contributed by atoms with Crippen molar-refractivity contribution in [2.75, 3.05) is 19.6 Å². The molecular weight excluding hydrogens is 367 g/mol. The predicted molar refractivity (Wildman–Crippen MR) is 92.4 cm³/mol. The number of aliphatic imine (C=N–C) groups is 1. The van der Waals surface area contributed by atoms with Gasteiger partial charge in [-0.25, -0.2) is 0 Å². The number of guanidine groups is 1. The van der Waals surface area contributed by atoms with Gasteiger partial charge in [-0.1, -0.05) is 12.2 Å². The first-order valence-electron chi connectivity index (χ1n) is 7.27. The molecule has 0 aromatic rings. The quantitative estimate of drug-likeness (QED) is 0.211. The smallest absolute Gasteiger partial charge is 0.223 e. The second-order valence-corrected chi connectivity index (χ2v) is 5.11. The maximum atomic E-state index is 11.5. The van der Waals surface area contributed by atoms with E-state index in [1.807, 2.05) is 0 Å². The van der Waals surface area contributed by atoms with Crippen molar-refractivity contribution >= 4 is 35.8 Å². The Labute approximate surface area is 138 Å². The highest BCUT2D eigenvalue weighted by Crippen LogP contribution is 2.28. The van der Waals surface area contributed by atoms with Gasteiger partial charge >= 0.3 is 0 Å². The Bertz CT molecular complexity index is 358. The van der Waals surface area contributed by atoms with Gasteiger partial charge < -0.3 is 16.0 Å². The lowest BCUT2D eigenvalue weighted by Gasteiger charge is -2.16. The third-order valence-electron chi connectivity index (χ3n) is 3.32. The normalized spacial score (nSPS) is 18.6. The summed E-state index contributed by atoms with van der Waals surface area (Å²) in [6.07, 6.45) is 8.60. The zero-order valence-corrected chi connectivity index (χ0v) is 14.4. The Morgan fingerprint density at radius 2 is 1.95 bits per heavy atom. The SMILES string of the molecule is CCNC(=NCCNC(=O)C1CC1)NC1CC=CC1.I. The van der Waals surface area contributed by atoms with Crippen LogP contribution in [0.25, 0.3) is 0 Å². The van der Waals surface area contributed by atoms with Crippen molar-refractivity contribution in [1.29, 1.82) is 0 Å². The molecule has 2 rings (SSSR count). The molecule has 0 aromatic carbocycles. The molecule has 1 amide bonds. The molecule has 0 aromatic heterocycles.